The van der Waals surface area contributed by atoms with Crippen LogP contribution in [0.25, 0.3) is 0 Å². The molecule has 0 bridgehead atoms. The summed E-state index contributed by atoms with van der Waals surface area (Å²) >= 11 is 0. The van der Waals surface area contributed by atoms with E-state index in [1.54, 1.807) is 4.90 Å². The van der Waals surface area contributed by atoms with E-state index >= 15 is 0 Å². The Labute approximate surface area is 164 Å². The normalized spacial score (nSPS) is 19.0. The van der Waals surface area contributed by atoms with Gasteiger partial charge in [0.2, 0.25) is 11.8 Å². The lowest BCUT2D eigenvalue weighted by atomic mass is 10.0. The van der Waals surface area contributed by atoms with Crippen molar-refractivity contribution in [1.29, 1.82) is 0 Å². The zero-order valence-corrected chi connectivity index (χ0v) is 18.1. The van der Waals surface area contributed by atoms with Crippen LogP contribution in [0.2, 0.25) is 0 Å². The van der Waals surface area contributed by atoms with Gasteiger partial charge in [-0.2, -0.15) is 0 Å². The maximum atomic E-state index is 13.0. The molecule has 0 radical (unpaired) electrons. The van der Waals surface area contributed by atoms with Crippen molar-refractivity contribution in [2.45, 2.75) is 85.4 Å². The van der Waals surface area contributed by atoms with Gasteiger partial charge in [0, 0.05) is 37.6 Å². The molecule has 1 aliphatic rings. The van der Waals surface area contributed by atoms with Gasteiger partial charge in [-0.1, -0.05) is 27.2 Å². The lowest BCUT2D eigenvalue weighted by molar-refractivity contribution is -0.144. The van der Waals surface area contributed by atoms with Crippen LogP contribution in [0.1, 0.15) is 67.7 Å². The number of carbonyl (C=O) groups is 3. The number of carbonyl (C=O) groups excluding carboxylic acids is 3. The minimum absolute atomic E-state index is 0.0109. The lowest BCUT2D eigenvalue weighted by Crippen LogP contribution is -2.61. The van der Waals surface area contributed by atoms with Crippen molar-refractivity contribution in [3.05, 3.63) is 0 Å². The minimum Gasteiger partial charge on any atom is -0.337 e. The Bertz CT molecular complexity index is 528. The molecular weight excluding hydrogens is 344 g/mol. The molecule has 0 spiro atoms. The number of amides is 4. The quantitative estimate of drug-likeness (QED) is 0.740. The fourth-order valence-corrected chi connectivity index (χ4v) is 3.23. The molecule has 2 N–H and O–H groups in total. The summed E-state index contributed by atoms with van der Waals surface area (Å²) in [5.74, 6) is 0.0591. The second kappa shape index (κ2) is 9.95. The highest BCUT2D eigenvalue weighted by atomic mass is 16.2. The molecule has 0 aromatic rings. The maximum Gasteiger partial charge on any atom is 0.315 e. The van der Waals surface area contributed by atoms with E-state index in [0.717, 1.165) is 12.8 Å². The highest BCUT2D eigenvalue weighted by Crippen LogP contribution is 2.15. The topological polar surface area (TPSA) is 81.8 Å². The molecule has 7 heteroatoms. The first-order chi connectivity index (χ1) is 12.5. The van der Waals surface area contributed by atoms with E-state index in [1.165, 1.54) is 0 Å². The zero-order chi connectivity index (χ0) is 20.8. The van der Waals surface area contributed by atoms with Crippen LogP contribution in [0.3, 0.4) is 0 Å². The van der Waals surface area contributed by atoms with Crippen molar-refractivity contribution in [3.63, 3.8) is 0 Å². The fraction of sp³-hybridized carbons (Fsp3) is 0.850. The number of hydrogen-bond acceptors (Lipinski definition) is 3. The summed E-state index contributed by atoms with van der Waals surface area (Å²) in [7, 11) is 0. The predicted molar refractivity (Wildman–Crippen MR) is 107 cm³/mol. The second-order valence-electron chi connectivity index (χ2n) is 8.89. The predicted octanol–water partition coefficient (Wildman–Crippen LogP) is 2.36. The van der Waals surface area contributed by atoms with Gasteiger partial charge in [0.05, 0.1) is 0 Å². The van der Waals surface area contributed by atoms with Crippen LogP contribution in [0.5, 0.6) is 0 Å². The Hall–Kier alpha value is -1.79. The van der Waals surface area contributed by atoms with Crippen LogP contribution in [0, 0.1) is 5.92 Å². The first-order valence-electron chi connectivity index (χ1n) is 10.1. The van der Waals surface area contributed by atoms with E-state index < -0.39 is 6.04 Å². The lowest BCUT2D eigenvalue weighted by Gasteiger charge is -2.41. The molecule has 0 aromatic carbocycles. The molecule has 1 heterocycles. The molecule has 27 heavy (non-hydrogen) atoms. The van der Waals surface area contributed by atoms with Crippen LogP contribution >= 0.6 is 0 Å². The summed E-state index contributed by atoms with van der Waals surface area (Å²) in [5.41, 5.74) is -0.367. The van der Waals surface area contributed by atoms with Gasteiger partial charge in [0.15, 0.2) is 0 Å². The van der Waals surface area contributed by atoms with Crippen molar-refractivity contribution in [3.8, 4) is 0 Å². The number of nitrogens with one attached hydrogen (secondary N) is 2. The van der Waals surface area contributed by atoms with E-state index in [2.05, 4.69) is 17.6 Å². The van der Waals surface area contributed by atoms with Crippen LogP contribution in [-0.2, 0) is 9.59 Å². The van der Waals surface area contributed by atoms with Crippen LogP contribution in [0.15, 0.2) is 0 Å². The molecule has 1 saturated heterocycles. The SMILES string of the molecule is CCCCC(=O)N1CCN(C(=O)C(NC(=O)NC(C)(C)C)C(C)C)CC1C. The summed E-state index contributed by atoms with van der Waals surface area (Å²) in [5, 5.41) is 5.66. The Morgan fingerprint density at radius 1 is 1.15 bits per heavy atom. The summed E-state index contributed by atoms with van der Waals surface area (Å²) in [6.45, 7) is 15.2. The average Bonchev–Trinajstić information content (AvgIpc) is 2.55. The van der Waals surface area contributed by atoms with Gasteiger partial charge in [0.25, 0.3) is 0 Å². The average molecular weight is 383 g/mol. The summed E-state index contributed by atoms with van der Waals surface area (Å²) in [6, 6.07) is -0.929. The van der Waals surface area contributed by atoms with E-state index in [0.29, 0.717) is 26.1 Å². The van der Waals surface area contributed by atoms with Crippen molar-refractivity contribution in [2.75, 3.05) is 19.6 Å². The van der Waals surface area contributed by atoms with Crippen molar-refractivity contribution in [2.24, 2.45) is 5.92 Å². The Kier molecular flexibility index (Phi) is 8.57. The Morgan fingerprint density at radius 3 is 2.26 bits per heavy atom. The minimum atomic E-state index is -0.582. The fourth-order valence-electron chi connectivity index (χ4n) is 3.23. The van der Waals surface area contributed by atoms with Crippen molar-refractivity contribution >= 4 is 17.8 Å². The number of urea groups is 1. The van der Waals surface area contributed by atoms with Crippen molar-refractivity contribution < 1.29 is 14.4 Å². The molecule has 0 aromatic heterocycles. The molecule has 1 aliphatic heterocycles. The van der Waals surface area contributed by atoms with Crippen molar-refractivity contribution in [1.82, 2.24) is 20.4 Å². The monoisotopic (exact) mass is 382 g/mol. The summed E-state index contributed by atoms with van der Waals surface area (Å²) in [4.78, 5) is 41.2. The van der Waals surface area contributed by atoms with Crippen LogP contribution < -0.4 is 10.6 Å². The van der Waals surface area contributed by atoms with Gasteiger partial charge in [-0.15, -0.1) is 0 Å². The van der Waals surface area contributed by atoms with Crippen LogP contribution in [-0.4, -0.2) is 64.9 Å². The molecule has 0 aliphatic carbocycles. The molecule has 1 rings (SSSR count). The van der Waals surface area contributed by atoms with Gasteiger partial charge in [-0.05, 0) is 40.0 Å². The molecule has 156 valence electrons. The van der Waals surface area contributed by atoms with Gasteiger partial charge < -0.3 is 20.4 Å². The van der Waals surface area contributed by atoms with Gasteiger partial charge in [-0.3, -0.25) is 9.59 Å². The van der Waals surface area contributed by atoms with Gasteiger partial charge >= 0.3 is 6.03 Å². The molecule has 1 fully saturated rings. The van der Waals surface area contributed by atoms with E-state index in [4.69, 9.17) is 0 Å². The largest absolute Gasteiger partial charge is 0.337 e. The highest BCUT2D eigenvalue weighted by molar-refractivity contribution is 5.88. The molecule has 2 atom stereocenters. The molecule has 2 unspecified atom stereocenters. The first kappa shape index (κ1) is 23.2. The smallest absolute Gasteiger partial charge is 0.315 e. The molecule has 7 nitrogen and oxygen atoms in total. The highest BCUT2D eigenvalue weighted by Gasteiger charge is 2.34. The standard InChI is InChI=1S/C20H38N4O3/c1-8-9-10-16(25)24-12-11-23(13-15(24)4)18(26)17(14(2)3)21-19(27)22-20(5,6)7/h14-15,17H,8-13H2,1-7H3,(H2,21,22,27). The zero-order valence-electron chi connectivity index (χ0n) is 18.1. The van der Waals surface area contributed by atoms with Crippen LogP contribution in [0.4, 0.5) is 4.79 Å². The Morgan fingerprint density at radius 2 is 1.78 bits per heavy atom. The van der Waals surface area contributed by atoms with E-state index in [-0.39, 0.29) is 35.3 Å². The summed E-state index contributed by atoms with van der Waals surface area (Å²) < 4.78 is 0. The third-order valence-corrected chi connectivity index (χ3v) is 4.71. The molecule has 0 saturated carbocycles. The molecular formula is C20H38N4O3. The van der Waals surface area contributed by atoms with E-state index in [9.17, 15) is 14.4 Å². The van der Waals surface area contributed by atoms with Gasteiger partial charge in [0.1, 0.15) is 6.04 Å². The second-order valence-corrected chi connectivity index (χ2v) is 8.89. The number of hydrogen-bond donors (Lipinski definition) is 2. The third kappa shape index (κ3) is 7.39. The Balaban J connectivity index is 2.70. The number of unbranched alkanes of at least 4 members (excludes halogenated alkanes) is 1. The number of piperazine rings is 1. The number of rotatable bonds is 6. The number of nitrogens with zero attached hydrogens (tertiary/aromatic N) is 2. The van der Waals surface area contributed by atoms with Gasteiger partial charge in [-0.25, -0.2) is 4.79 Å². The summed E-state index contributed by atoms with van der Waals surface area (Å²) in [6.07, 6.45) is 2.46. The third-order valence-electron chi connectivity index (χ3n) is 4.71. The molecule has 4 amide bonds. The maximum absolute atomic E-state index is 13.0. The van der Waals surface area contributed by atoms with E-state index in [1.807, 2.05) is 46.4 Å². The first-order valence-corrected chi connectivity index (χ1v) is 10.1.